The number of aliphatic carboxylic acids is 2. The van der Waals surface area contributed by atoms with Crippen molar-refractivity contribution in [1.82, 2.24) is 0 Å². The molecule has 2 aliphatic rings. The summed E-state index contributed by atoms with van der Waals surface area (Å²) >= 11 is 0. The van der Waals surface area contributed by atoms with Gasteiger partial charge in [-0.25, -0.2) is 0 Å². The molecule has 2 aromatic carbocycles. The van der Waals surface area contributed by atoms with E-state index in [1.807, 2.05) is 48.5 Å². The van der Waals surface area contributed by atoms with Gasteiger partial charge in [0.25, 0.3) is 0 Å². The Hall–Kier alpha value is -2.86. The molecule has 0 radical (unpaired) electrons. The number of fused-ring (bicyclic) bond motifs is 2. The highest BCUT2D eigenvalue weighted by molar-refractivity contribution is 5.80. The first kappa shape index (κ1) is 18.5. The van der Waals surface area contributed by atoms with E-state index in [1.54, 1.807) is 0 Å². The third-order valence-corrected chi connectivity index (χ3v) is 6.18. The van der Waals surface area contributed by atoms with Gasteiger partial charge in [-0.15, -0.1) is 0 Å². The lowest BCUT2D eigenvalue weighted by Gasteiger charge is -2.46. The molecule has 6 heteroatoms. The van der Waals surface area contributed by atoms with Gasteiger partial charge in [-0.3, -0.25) is 9.59 Å². The maximum Gasteiger partial charge on any atom is 0.323 e. The highest BCUT2D eigenvalue weighted by Gasteiger charge is 2.50. The van der Waals surface area contributed by atoms with Gasteiger partial charge in [-0.1, -0.05) is 36.4 Å². The van der Waals surface area contributed by atoms with E-state index in [-0.39, 0.29) is 30.6 Å². The van der Waals surface area contributed by atoms with Crippen LogP contribution in [0, 0.1) is 11.8 Å². The van der Waals surface area contributed by atoms with Crippen LogP contribution in [0.15, 0.2) is 48.5 Å². The molecule has 0 bridgehead atoms. The Kier molecular flexibility index (Phi) is 4.59. The van der Waals surface area contributed by atoms with E-state index in [2.05, 4.69) is 0 Å². The molecule has 4 rings (SSSR count). The number of carboxylic acid groups (broad SMARTS) is 2. The standard InChI is InChI=1S/C22H23NO5/c23-22(21(26)27,14-9-13(10-14)11-20(24)25)12-17-15-5-1-3-7-18(15)28-19-8-4-2-6-16(17)19/h1-8,13-14,17H,9-12,23H2,(H,24,25)(H,26,27)/t13-,14-,22?. The minimum atomic E-state index is -1.42. The number of carboxylic acids is 2. The summed E-state index contributed by atoms with van der Waals surface area (Å²) in [5.41, 5.74) is 6.94. The number of para-hydroxylation sites is 2. The fraction of sp³-hybridized carbons (Fsp3) is 0.364. The van der Waals surface area contributed by atoms with Crippen LogP contribution in [-0.4, -0.2) is 27.7 Å². The molecule has 1 atom stereocenters. The summed E-state index contributed by atoms with van der Waals surface area (Å²) in [7, 11) is 0. The Morgan fingerprint density at radius 2 is 1.54 bits per heavy atom. The second kappa shape index (κ2) is 6.95. The zero-order valence-electron chi connectivity index (χ0n) is 15.4. The van der Waals surface area contributed by atoms with E-state index >= 15 is 0 Å². The van der Waals surface area contributed by atoms with Crippen molar-refractivity contribution >= 4 is 11.9 Å². The highest BCUT2D eigenvalue weighted by Crippen LogP contribution is 2.50. The minimum absolute atomic E-state index is 0.000892. The quantitative estimate of drug-likeness (QED) is 0.705. The largest absolute Gasteiger partial charge is 0.481 e. The molecule has 0 spiro atoms. The van der Waals surface area contributed by atoms with E-state index in [1.165, 1.54) is 0 Å². The second-order valence-corrected chi connectivity index (χ2v) is 7.91. The Morgan fingerprint density at radius 1 is 1.00 bits per heavy atom. The number of carbonyl (C=O) groups is 2. The lowest BCUT2D eigenvalue weighted by molar-refractivity contribution is -0.149. The first-order valence-electron chi connectivity index (χ1n) is 9.48. The summed E-state index contributed by atoms with van der Waals surface area (Å²) in [6, 6.07) is 15.3. The van der Waals surface area contributed by atoms with Gasteiger partial charge < -0.3 is 20.7 Å². The molecule has 28 heavy (non-hydrogen) atoms. The molecule has 146 valence electrons. The number of benzene rings is 2. The van der Waals surface area contributed by atoms with E-state index < -0.39 is 17.5 Å². The second-order valence-electron chi connectivity index (χ2n) is 7.91. The molecule has 0 amide bonds. The van der Waals surface area contributed by atoms with Gasteiger partial charge in [0.2, 0.25) is 0 Å². The van der Waals surface area contributed by atoms with Crippen molar-refractivity contribution in [2.45, 2.75) is 37.1 Å². The number of nitrogens with two attached hydrogens (primary N) is 1. The normalized spacial score (nSPS) is 22.8. The maximum absolute atomic E-state index is 12.2. The molecule has 1 aliphatic heterocycles. The number of hydrogen-bond donors (Lipinski definition) is 3. The summed E-state index contributed by atoms with van der Waals surface area (Å²) in [4.78, 5) is 23.1. The summed E-state index contributed by atoms with van der Waals surface area (Å²) in [6.45, 7) is 0. The summed E-state index contributed by atoms with van der Waals surface area (Å²) < 4.78 is 5.99. The lowest BCUT2D eigenvalue weighted by atomic mass is 9.61. The van der Waals surface area contributed by atoms with Gasteiger partial charge in [0.1, 0.15) is 17.0 Å². The van der Waals surface area contributed by atoms with E-state index in [4.69, 9.17) is 15.6 Å². The SMILES string of the molecule is NC(CC1c2ccccc2Oc2ccccc21)(C(=O)O)[C@H]1C[C@H](CC(=O)O)C1. The predicted octanol–water partition coefficient (Wildman–Crippen LogP) is 3.60. The van der Waals surface area contributed by atoms with Crippen molar-refractivity contribution in [3.8, 4) is 11.5 Å². The molecule has 0 saturated heterocycles. The minimum Gasteiger partial charge on any atom is -0.481 e. The van der Waals surface area contributed by atoms with Crippen LogP contribution < -0.4 is 10.5 Å². The van der Waals surface area contributed by atoms with E-state index in [9.17, 15) is 14.7 Å². The third-order valence-electron chi connectivity index (χ3n) is 6.18. The fourth-order valence-corrected chi connectivity index (χ4v) is 4.56. The summed E-state index contributed by atoms with van der Waals surface area (Å²) in [5.74, 6) is -0.884. The average molecular weight is 381 g/mol. The number of ether oxygens (including phenoxy) is 1. The Labute approximate surface area is 162 Å². The zero-order chi connectivity index (χ0) is 19.9. The van der Waals surface area contributed by atoms with Crippen molar-refractivity contribution in [3.63, 3.8) is 0 Å². The lowest BCUT2D eigenvalue weighted by Crippen LogP contribution is -2.59. The predicted molar refractivity (Wildman–Crippen MR) is 102 cm³/mol. The van der Waals surface area contributed by atoms with Crippen molar-refractivity contribution in [1.29, 1.82) is 0 Å². The van der Waals surface area contributed by atoms with Crippen LogP contribution in [0.5, 0.6) is 11.5 Å². The van der Waals surface area contributed by atoms with Crippen molar-refractivity contribution < 1.29 is 24.5 Å². The molecule has 1 saturated carbocycles. The number of hydrogen-bond acceptors (Lipinski definition) is 4. The van der Waals surface area contributed by atoms with Gasteiger partial charge in [0, 0.05) is 23.5 Å². The van der Waals surface area contributed by atoms with Crippen LogP contribution in [0.4, 0.5) is 0 Å². The van der Waals surface area contributed by atoms with Gasteiger partial charge in [0.15, 0.2) is 0 Å². The Bertz CT molecular complexity index is 875. The smallest absolute Gasteiger partial charge is 0.323 e. The third kappa shape index (κ3) is 3.14. The van der Waals surface area contributed by atoms with Gasteiger partial charge in [-0.2, -0.15) is 0 Å². The van der Waals surface area contributed by atoms with Crippen LogP contribution in [0.25, 0.3) is 0 Å². The average Bonchev–Trinajstić information content (AvgIpc) is 2.63. The molecule has 2 aromatic rings. The van der Waals surface area contributed by atoms with Gasteiger partial charge in [0.05, 0.1) is 0 Å². The molecule has 0 aromatic heterocycles. The Morgan fingerprint density at radius 3 is 2.04 bits per heavy atom. The maximum atomic E-state index is 12.2. The van der Waals surface area contributed by atoms with Gasteiger partial charge in [-0.05, 0) is 43.2 Å². The summed E-state index contributed by atoms with van der Waals surface area (Å²) in [6.07, 6.45) is 1.36. The molecule has 1 heterocycles. The number of rotatable bonds is 6. The molecule has 1 aliphatic carbocycles. The van der Waals surface area contributed by atoms with Crippen LogP contribution in [0.1, 0.15) is 42.7 Å². The van der Waals surface area contributed by atoms with Crippen molar-refractivity contribution in [2.75, 3.05) is 0 Å². The zero-order valence-corrected chi connectivity index (χ0v) is 15.4. The molecular formula is C22H23NO5. The monoisotopic (exact) mass is 381 g/mol. The first-order chi connectivity index (χ1) is 13.4. The van der Waals surface area contributed by atoms with Crippen LogP contribution in [0.2, 0.25) is 0 Å². The van der Waals surface area contributed by atoms with Crippen molar-refractivity contribution in [3.05, 3.63) is 59.7 Å². The van der Waals surface area contributed by atoms with Gasteiger partial charge >= 0.3 is 11.9 Å². The molecular weight excluding hydrogens is 358 g/mol. The highest BCUT2D eigenvalue weighted by atomic mass is 16.5. The van der Waals surface area contributed by atoms with Crippen LogP contribution in [-0.2, 0) is 9.59 Å². The summed E-state index contributed by atoms with van der Waals surface area (Å²) in [5, 5.41) is 19.0. The molecule has 6 nitrogen and oxygen atoms in total. The van der Waals surface area contributed by atoms with Crippen LogP contribution >= 0.6 is 0 Å². The molecule has 1 fully saturated rings. The van der Waals surface area contributed by atoms with Crippen molar-refractivity contribution in [2.24, 2.45) is 17.6 Å². The molecule has 4 N–H and O–H groups in total. The van der Waals surface area contributed by atoms with Crippen LogP contribution in [0.3, 0.4) is 0 Å². The topological polar surface area (TPSA) is 110 Å². The molecule has 1 unspecified atom stereocenters. The first-order valence-corrected chi connectivity index (χ1v) is 9.48. The fourth-order valence-electron chi connectivity index (χ4n) is 4.56. The van der Waals surface area contributed by atoms with E-state index in [0.29, 0.717) is 12.8 Å². The Balaban J connectivity index is 1.65. The van der Waals surface area contributed by atoms with E-state index in [0.717, 1.165) is 22.6 Å².